The van der Waals surface area contributed by atoms with Crippen molar-refractivity contribution in [3.05, 3.63) is 69.5 Å². The zero-order chi connectivity index (χ0) is 12.5. The molecule has 3 rings (SSSR count). The number of fused-ring (bicyclic) bond motifs is 1. The molecule has 0 bridgehead atoms. The van der Waals surface area contributed by atoms with Gasteiger partial charge in [0.05, 0.1) is 5.69 Å². The first-order valence-electron chi connectivity index (χ1n) is 5.42. The molecule has 0 atom stereocenters. The number of aromatic amines is 1. The average molecular weight is 239 g/mol. The summed E-state index contributed by atoms with van der Waals surface area (Å²) < 4.78 is 1.18. The van der Waals surface area contributed by atoms with Crippen LogP contribution in [0, 0.1) is 0 Å². The Kier molecular flexibility index (Phi) is 2.30. The van der Waals surface area contributed by atoms with Crippen LogP contribution in [0.4, 0.5) is 0 Å². The molecule has 0 aliphatic heterocycles. The van der Waals surface area contributed by atoms with Crippen LogP contribution in [-0.4, -0.2) is 14.8 Å². The van der Waals surface area contributed by atoms with Crippen LogP contribution in [0.5, 0.6) is 0 Å². The van der Waals surface area contributed by atoms with Gasteiger partial charge in [0.25, 0.3) is 5.56 Å². The fourth-order valence-corrected chi connectivity index (χ4v) is 1.92. The van der Waals surface area contributed by atoms with E-state index in [1.54, 1.807) is 6.07 Å². The van der Waals surface area contributed by atoms with E-state index in [0.717, 1.165) is 17.0 Å². The number of nitrogens with one attached hydrogen (secondary N) is 1. The SMILES string of the molecule is O=c1cnn(-c2cccc3ccccc23)c(=O)[nH]1. The lowest BCUT2D eigenvalue weighted by Gasteiger charge is -2.06. The summed E-state index contributed by atoms with van der Waals surface area (Å²) in [7, 11) is 0. The van der Waals surface area contributed by atoms with E-state index in [1.165, 1.54) is 4.68 Å². The van der Waals surface area contributed by atoms with Crippen LogP contribution < -0.4 is 11.2 Å². The maximum Gasteiger partial charge on any atom is 0.349 e. The number of nitrogens with zero attached hydrogens (tertiary/aromatic N) is 2. The first-order valence-corrected chi connectivity index (χ1v) is 5.42. The molecule has 0 saturated carbocycles. The van der Waals surface area contributed by atoms with Gasteiger partial charge in [-0.1, -0.05) is 36.4 Å². The molecular formula is C13H9N3O2. The standard InChI is InChI=1S/C13H9N3O2/c17-12-8-14-16(13(18)15-12)11-7-3-5-9-4-1-2-6-10(9)11/h1-8H,(H,15,17,18). The molecule has 2 aromatic carbocycles. The first-order chi connectivity index (χ1) is 8.75. The summed E-state index contributed by atoms with van der Waals surface area (Å²) in [5.41, 5.74) is -0.398. The van der Waals surface area contributed by atoms with E-state index in [4.69, 9.17) is 0 Å². The zero-order valence-corrected chi connectivity index (χ0v) is 9.33. The van der Waals surface area contributed by atoms with Crippen molar-refractivity contribution in [2.45, 2.75) is 0 Å². The average Bonchev–Trinajstić information content (AvgIpc) is 2.38. The van der Waals surface area contributed by atoms with Gasteiger partial charge >= 0.3 is 5.69 Å². The zero-order valence-electron chi connectivity index (χ0n) is 9.33. The minimum Gasteiger partial charge on any atom is -0.271 e. The fraction of sp³-hybridized carbons (Fsp3) is 0. The van der Waals surface area contributed by atoms with Gasteiger partial charge < -0.3 is 0 Å². The number of benzene rings is 2. The molecule has 0 unspecified atom stereocenters. The van der Waals surface area contributed by atoms with Crippen molar-refractivity contribution >= 4 is 10.8 Å². The topological polar surface area (TPSA) is 67.8 Å². The molecule has 88 valence electrons. The van der Waals surface area contributed by atoms with Gasteiger partial charge in [-0.15, -0.1) is 0 Å². The molecule has 0 fully saturated rings. The van der Waals surface area contributed by atoms with Gasteiger partial charge in [0.2, 0.25) is 0 Å². The number of hydrogen-bond acceptors (Lipinski definition) is 3. The van der Waals surface area contributed by atoms with Crippen molar-refractivity contribution in [2.75, 3.05) is 0 Å². The van der Waals surface area contributed by atoms with Crippen molar-refractivity contribution in [3.63, 3.8) is 0 Å². The summed E-state index contributed by atoms with van der Waals surface area (Å²) in [5.74, 6) is 0. The third kappa shape index (κ3) is 1.62. The molecule has 0 amide bonds. The Morgan fingerprint density at radius 1 is 1.00 bits per heavy atom. The first kappa shape index (κ1) is 10.5. The Morgan fingerprint density at radius 3 is 2.61 bits per heavy atom. The number of H-pyrrole nitrogens is 1. The van der Waals surface area contributed by atoms with E-state index >= 15 is 0 Å². The molecule has 1 N–H and O–H groups in total. The molecule has 18 heavy (non-hydrogen) atoms. The van der Waals surface area contributed by atoms with Crippen molar-refractivity contribution in [1.82, 2.24) is 14.8 Å². The molecule has 0 saturated heterocycles. The highest BCUT2D eigenvalue weighted by Crippen LogP contribution is 2.19. The second kappa shape index (κ2) is 3.96. The highest BCUT2D eigenvalue weighted by molar-refractivity contribution is 5.89. The van der Waals surface area contributed by atoms with E-state index in [2.05, 4.69) is 10.1 Å². The van der Waals surface area contributed by atoms with Crippen LogP contribution in [0.2, 0.25) is 0 Å². The smallest absolute Gasteiger partial charge is 0.271 e. The Bertz CT molecular complexity index is 828. The molecule has 0 spiro atoms. The Hall–Kier alpha value is -2.69. The Morgan fingerprint density at radius 2 is 1.78 bits per heavy atom. The molecule has 1 heterocycles. The van der Waals surface area contributed by atoms with Crippen LogP contribution in [0.15, 0.2) is 58.3 Å². The largest absolute Gasteiger partial charge is 0.349 e. The second-order valence-corrected chi connectivity index (χ2v) is 3.85. The molecule has 0 aliphatic rings. The van der Waals surface area contributed by atoms with E-state index in [1.807, 2.05) is 36.4 Å². The molecule has 5 heteroatoms. The highest BCUT2D eigenvalue weighted by atomic mass is 16.2. The maximum atomic E-state index is 11.7. The van der Waals surface area contributed by atoms with Crippen LogP contribution in [0.1, 0.15) is 0 Å². The van der Waals surface area contributed by atoms with Gasteiger partial charge in [-0.05, 0) is 11.5 Å². The quantitative estimate of drug-likeness (QED) is 0.690. The lowest BCUT2D eigenvalue weighted by Crippen LogP contribution is -2.30. The normalized spacial score (nSPS) is 10.7. The predicted molar refractivity (Wildman–Crippen MR) is 68.0 cm³/mol. The highest BCUT2D eigenvalue weighted by Gasteiger charge is 2.05. The summed E-state index contributed by atoms with van der Waals surface area (Å²) >= 11 is 0. The monoisotopic (exact) mass is 239 g/mol. The minimum absolute atomic E-state index is 0.503. The van der Waals surface area contributed by atoms with Gasteiger partial charge in [0, 0.05) is 5.39 Å². The number of rotatable bonds is 1. The van der Waals surface area contributed by atoms with E-state index in [9.17, 15) is 9.59 Å². The second-order valence-electron chi connectivity index (χ2n) is 3.85. The summed E-state index contributed by atoms with van der Waals surface area (Å²) in [6.07, 6.45) is 1.09. The van der Waals surface area contributed by atoms with Crippen molar-refractivity contribution < 1.29 is 0 Å². The Balaban J connectivity index is 2.38. The van der Waals surface area contributed by atoms with Crippen molar-refractivity contribution in [1.29, 1.82) is 0 Å². The lowest BCUT2D eigenvalue weighted by molar-refractivity contribution is 0.754. The van der Waals surface area contributed by atoms with E-state index in [0.29, 0.717) is 5.69 Å². The third-order valence-electron chi connectivity index (χ3n) is 2.71. The van der Waals surface area contributed by atoms with Crippen molar-refractivity contribution in [3.8, 4) is 5.69 Å². The van der Waals surface area contributed by atoms with E-state index < -0.39 is 11.2 Å². The third-order valence-corrected chi connectivity index (χ3v) is 2.71. The Labute approximate surface area is 101 Å². The molecule has 0 radical (unpaired) electrons. The molecule has 3 aromatic rings. The molecule has 1 aromatic heterocycles. The van der Waals surface area contributed by atoms with Gasteiger partial charge in [-0.3, -0.25) is 9.78 Å². The summed E-state index contributed by atoms with van der Waals surface area (Å²) in [5, 5.41) is 5.77. The molecule has 5 nitrogen and oxygen atoms in total. The summed E-state index contributed by atoms with van der Waals surface area (Å²) in [6, 6.07) is 13.3. The summed E-state index contributed by atoms with van der Waals surface area (Å²) in [4.78, 5) is 24.9. The fourth-order valence-electron chi connectivity index (χ4n) is 1.92. The lowest BCUT2D eigenvalue weighted by atomic mass is 10.1. The van der Waals surface area contributed by atoms with Gasteiger partial charge in [0.1, 0.15) is 6.20 Å². The molecule has 0 aliphatic carbocycles. The van der Waals surface area contributed by atoms with Crippen LogP contribution >= 0.6 is 0 Å². The molecular weight excluding hydrogens is 230 g/mol. The van der Waals surface area contributed by atoms with Crippen LogP contribution in [-0.2, 0) is 0 Å². The number of hydrogen-bond donors (Lipinski definition) is 1. The van der Waals surface area contributed by atoms with Gasteiger partial charge in [-0.25, -0.2) is 4.79 Å². The van der Waals surface area contributed by atoms with Crippen molar-refractivity contribution in [2.24, 2.45) is 0 Å². The van der Waals surface area contributed by atoms with Crippen LogP contribution in [0.25, 0.3) is 16.5 Å². The van der Waals surface area contributed by atoms with E-state index in [-0.39, 0.29) is 0 Å². The van der Waals surface area contributed by atoms with Gasteiger partial charge in [0.15, 0.2) is 0 Å². The van der Waals surface area contributed by atoms with Gasteiger partial charge in [-0.2, -0.15) is 9.78 Å². The maximum absolute atomic E-state index is 11.7. The minimum atomic E-state index is -0.543. The number of aromatic nitrogens is 3. The predicted octanol–water partition coefficient (Wildman–Crippen LogP) is 1.07. The van der Waals surface area contributed by atoms with Crippen LogP contribution in [0.3, 0.4) is 0 Å². The summed E-state index contributed by atoms with van der Waals surface area (Å²) in [6.45, 7) is 0.